The maximum absolute atomic E-state index is 13.1. The number of rotatable bonds is 1. The molecular weight excluding hydrogens is 251 g/mol. The van der Waals surface area contributed by atoms with Gasteiger partial charge in [0.1, 0.15) is 0 Å². The summed E-state index contributed by atoms with van der Waals surface area (Å²) in [6, 6.07) is 6.54. The van der Waals surface area contributed by atoms with Gasteiger partial charge in [0.25, 0.3) is 0 Å². The number of hydrogen-bond acceptors (Lipinski definition) is 1. The molecule has 2 unspecified atom stereocenters. The van der Waals surface area contributed by atoms with Crippen molar-refractivity contribution in [3.63, 3.8) is 0 Å². The van der Waals surface area contributed by atoms with Gasteiger partial charge in [-0.3, -0.25) is 4.90 Å². The molecule has 19 heavy (non-hydrogen) atoms. The van der Waals surface area contributed by atoms with E-state index in [9.17, 15) is 13.2 Å². The second-order valence-electron chi connectivity index (χ2n) is 5.57. The number of nitrogens with zero attached hydrogens (tertiary/aromatic N) is 1. The second kappa shape index (κ2) is 4.82. The van der Waals surface area contributed by atoms with Gasteiger partial charge < -0.3 is 0 Å². The Hall–Kier alpha value is -1.03. The minimum Gasteiger partial charge on any atom is -0.293 e. The third-order valence-corrected chi connectivity index (χ3v) is 4.46. The SMILES string of the molecule is FC(F)(F)c1ccccc1C1CCCC2CCCN21. The highest BCUT2D eigenvalue weighted by Crippen LogP contribution is 2.43. The number of hydrogen-bond donors (Lipinski definition) is 0. The zero-order valence-corrected chi connectivity index (χ0v) is 10.8. The molecule has 3 rings (SSSR count). The molecule has 1 aromatic rings. The van der Waals surface area contributed by atoms with Crippen LogP contribution in [0, 0.1) is 0 Å². The maximum atomic E-state index is 13.1. The Bertz CT molecular complexity index is 455. The van der Waals surface area contributed by atoms with Crippen LogP contribution in [-0.2, 0) is 6.18 Å². The molecule has 2 fully saturated rings. The van der Waals surface area contributed by atoms with Crippen LogP contribution in [0.2, 0.25) is 0 Å². The quantitative estimate of drug-likeness (QED) is 0.730. The number of benzene rings is 1. The van der Waals surface area contributed by atoms with E-state index in [1.54, 1.807) is 12.1 Å². The molecule has 2 heterocycles. The molecule has 0 bridgehead atoms. The highest BCUT2D eigenvalue weighted by Gasteiger charge is 2.40. The molecule has 4 heteroatoms. The smallest absolute Gasteiger partial charge is 0.293 e. The van der Waals surface area contributed by atoms with Gasteiger partial charge in [0.15, 0.2) is 0 Å². The fourth-order valence-corrected chi connectivity index (χ4v) is 3.67. The number of fused-ring (bicyclic) bond motifs is 1. The third kappa shape index (κ3) is 2.38. The first-order valence-electron chi connectivity index (χ1n) is 6.99. The number of piperidine rings is 1. The van der Waals surface area contributed by atoms with Gasteiger partial charge in [0, 0.05) is 12.1 Å². The Labute approximate surface area is 111 Å². The highest BCUT2D eigenvalue weighted by molar-refractivity contribution is 5.33. The lowest BCUT2D eigenvalue weighted by atomic mass is 9.89. The molecule has 0 spiro atoms. The maximum Gasteiger partial charge on any atom is 0.416 e. The summed E-state index contributed by atoms with van der Waals surface area (Å²) >= 11 is 0. The van der Waals surface area contributed by atoms with Crippen molar-refractivity contribution in [2.45, 2.75) is 50.4 Å². The molecule has 2 atom stereocenters. The molecule has 2 aliphatic heterocycles. The van der Waals surface area contributed by atoms with E-state index < -0.39 is 11.7 Å². The average molecular weight is 269 g/mol. The molecule has 0 aliphatic carbocycles. The van der Waals surface area contributed by atoms with Gasteiger partial charge in [-0.1, -0.05) is 18.2 Å². The van der Waals surface area contributed by atoms with Gasteiger partial charge in [-0.05, 0) is 50.3 Å². The number of halogens is 3. The standard InChI is InChI=1S/C15H18F3N/c16-15(17,18)13-8-2-1-7-12(13)14-9-3-5-11-6-4-10-19(11)14/h1-2,7-8,11,14H,3-6,9-10H2. The molecule has 1 nitrogen and oxygen atoms in total. The Morgan fingerprint density at radius 1 is 1.00 bits per heavy atom. The Kier molecular flexibility index (Phi) is 3.29. The predicted molar refractivity (Wildman–Crippen MR) is 67.8 cm³/mol. The molecule has 104 valence electrons. The van der Waals surface area contributed by atoms with Crippen LogP contribution in [-0.4, -0.2) is 17.5 Å². The highest BCUT2D eigenvalue weighted by atomic mass is 19.4. The van der Waals surface area contributed by atoms with E-state index in [0.29, 0.717) is 11.6 Å². The summed E-state index contributed by atoms with van der Waals surface area (Å²) in [5.74, 6) is 0. The van der Waals surface area contributed by atoms with E-state index in [4.69, 9.17) is 0 Å². The van der Waals surface area contributed by atoms with Gasteiger partial charge in [-0.2, -0.15) is 13.2 Å². The van der Waals surface area contributed by atoms with Crippen molar-refractivity contribution >= 4 is 0 Å². The summed E-state index contributed by atoms with van der Waals surface area (Å²) in [6.45, 7) is 0.946. The first kappa shape index (κ1) is 13.0. The van der Waals surface area contributed by atoms with Crippen LogP contribution < -0.4 is 0 Å². The zero-order valence-electron chi connectivity index (χ0n) is 10.8. The first-order chi connectivity index (χ1) is 9.07. The van der Waals surface area contributed by atoms with Crippen LogP contribution >= 0.6 is 0 Å². The van der Waals surface area contributed by atoms with E-state index in [1.807, 2.05) is 0 Å². The topological polar surface area (TPSA) is 3.24 Å². The summed E-state index contributed by atoms with van der Waals surface area (Å²) in [5, 5.41) is 0. The van der Waals surface area contributed by atoms with Crippen LogP contribution in [0.4, 0.5) is 13.2 Å². The first-order valence-corrected chi connectivity index (χ1v) is 6.99. The van der Waals surface area contributed by atoms with Crippen LogP contribution in [0.15, 0.2) is 24.3 Å². The lowest BCUT2D eigenvalue weighted by Gasteiger charge is -2.39. The lowest BCUT2D eigenvalue weighted by molar-refractivity contribution is -0.139. The van der Waals surface area contributed by atoms with Gasteiger partial charge in [-0.25, -0.2) is 0 Å². The van der Waals surface area contributed by atoms with Crippen molar-refractivity contribution in [3.05, 3.63) is 35.4 Å². The molecule has 0 aromatic heterocycles. The molecule has 2 saturated heterocycles. The molecule has 1 aromatic carbocycles. The minimum absolute atomic E-state index is 0.0425. The molecule has 0 saturated carbocycles. The van der Waals surface area contributed by atoms with E-state index in [2.05, 4.69) is 4.90 Å². The Morgan fingerprint density at radius 2 is 1.74 bits per heavy atom. The van der Waals surface area contributed by atoms with E-state index in [0.717, 1.165) is 38.6 Å². The molecule has 0 amide bonds. The summed E-state index contributed by atoms with van der Waals surface area (Å²) in [4.78, 5) is 2.30. The van der Waals surface area contributed by atoms with Crippen LogP contribution in [0.5, 0.6) is 0 Å². The minimum atomic E-state index is -4.25. The normalized spacial score (nSPS) is 28.4. The van der Waals surface area contributed by atoms with Crippen LogP contribution in [0.25, 0.3) is 0 Å². The van der Waals surface area contributed by atoms with Crippen LogP contribution in [0.3, 0.4) is 0 Å². The van der Waals surface area contributed by atoms with Gasteiger partial charge in [0.05, 0.1) is 5.56 Å². The van der Waals surface area contributed by atoms with Gasteiger partial charge >= 0.3 is 6.18 Å². The van der Waals surface area contributed by atoms with Gasteiger partial charge in [0.2, 0.25) is 0 Å². The molecule has 0 radical (unpaired) electrons. The summed E-state index contributed by atoms with van der Waals surface area (Å²) < 4.78 is 39.4. The van der Waals surface area contributed by atoms with Crippen molar-refractivity contribution in [3.8, 4) is 0 Å². The van der Waals surface area contributed by atoms with Crippen molar-refractivity contribution < 1.29 is 13.2 Å². The summed E-state index contributed by atoms with van der Waals surface area (Å²) in [5.41, 5.74) is 0.0224. The fraction of sp³-hybridized carbons (Fsp3) is 0.600. The monoisotopic (exact) mass is 269 g/mol. The molecular formula is C15H18F3N. The molecule has 2 aliphatic rings. The predicted octanol–water partition coefficient (Wildman–Crippen LogP) is 4.39. The summed E-state index contributed by atoms with van der Waals surface area (Å²) in [7, 11) is 0. The van der Waals surface area contributed by atoms with Crippen molar-refractivity contribution in [1.29, 1.82) is 0 Å². The Morgan fingerprint density at radius 3 is 2.53 bits per heavy atom. The van der Waals surface area contributed by atoms with Crippen molar-refractivity contribution in [2.24, 2.45) is 0 Å². The zero-order chi connectivity index (χ0) is 13.5. The van der Waals surface area contributed by atoms with Gasteiger partial charge in [-0.15, -0.1) is 0 Å². The second-order valence-corrected chi connectivity index (χ2v) is 5.57. The van der Waals surface area contributed by atoms with Crippen LogP contribution in [0.1, 0.15) is 49.3 Å². The average Bonchev–Trinajstić information content (AvgIpc) is 2.85. The molecule has 0 N–H and O–H groups in total. The number of alkyl halides is 3. The van der Waals surface area contributed by atoms with Crippen molar-refractivity contribution in [2.75, 3.05) is 6.54 Å². The third-order valence-electron chi connectivity index (χ3n) is 4.46. The van der Waals surface area contributed by atoms with Crippen molar-refractivity contribution in [1.82, 2.24) is 4.90 Å². The Balaban J connectivity index is 1.97. The largest absolute Gasteiger partial charge is 0.416 e. The van der Waals surface area contributed by atoms with E-state index in [1.165, 1.54) is 12.1 Å². The van der Waals surface area contributed by atoms with E-state index >= 15 is 0 Å². The summed E-state index contributed by atoms with van der Waals surface area (Å²) in [6.07, 6.45) is 1.05. The lowest BCUT2D eigenvalue weighted by Crippen LogP contribution is -2.37. The fourth-order valence-electron chi connectivity index (χ4n) is 3.67. The van der Waals surface area contributed by atoms with E-state index in [-0.39, 0.29) is 6.04 Å².